The number of fused-ring (bicyclic) bond motifs is 1. The SMILES string of the molecule is Cc1ccccc1CN1CCCc2ccc(OCCC3CCN(C(=O)c4ccc(C#N)cc4)CC3)cc2C1. The van der Waals surface area contributed by atoms with Crippen molar-refractivity contribution < 1.29 is 9.53 Å². The smallest absolute Gasteiger partial charge is 0.253 e. The van der Waals surface area contributed by atoms with Gasteiger partial charge in [-0.15, -0.1) is 0 Å². The molecule has 0 saturated carbocycles. The number of hydrogen-bond donors (Lipinski definition) is 0. The number of nitrogens with zero attached hydrogens (tertiary/aromatic N) is 3. The van der Waals surface area contributed by atoms with Crippen molar-refractivity contribution >= 4 is 5.91 Å². The van der Waals surface area contributed by atoms with Crippen LogP contribution in [-0.4, -0.2) is 41.9 Å². The van der Waals surface area contributed by atoms with E-state index < -0.39 is 0 Å². The summed E-state index contributed by atoms with van der Waals surface area (Å²) in [6.45, 7) is 7.53. The van der Waals surface area contributed by atoms with Gasteiger partial charge >= 0.3 is 0 Å². The van der Waals surface area contributed by atoms with Crippen LogP contribution in [0.4, 0.5) is 0 Å². The number of ether oxygens (including phenoxy) is 1. The Kier molecular flexibility index (Phi) is 8.41. The number of nitriles is 1. The van der Waals surface area contributed by atoms with Crippen LogP contribution in [0.3, 0.4) is 0 Å². The molecule has 1 saturated heterocycles. The molecule has 5 rings (SSSR count). The minimum absolute atomic E-state index is 0.0608. The van der Waals surface area contributed by atoms with Crippen LogP contribution in [0, 0.1) is 24.2 Å². The van der Waals surface area contributed by atoms with Gasteiger partial charge in [0.1, 0.15) is 5.75 Å². The maximum Gasteiger partial charge on any atom is 0.253 e. The van der Waals surface area contributed by atoms with Gasteiger partial charge in [-0.05, 0) is 110 Å². The predicted molar refractivity (Wildman–Crippen MR) is 150 cm³/mol. The number of benzene rings is 3. The first-order valence-corrected chi connectivity index (χ1v) is 13.9. The van der Waals surface area contributed by atoms with Gasteiger partial charge in [0.2, 0.25) is 0 Å². The third kappa shape index (κ3) is 6.44. The maximum absolute atomic E-state index is 12.8. The van der Waals surface area contributed by atoms with Crippen molar-refractivity contribution in [3.05, 3.63) is 100 Å². The number of carbonyl (C=O) groups is 1. The molecule has 0 atom stereocenters. The highest BCUT2D eigenvalue weighted by atomic mass is 16.5. The van der Waals surface area contributed by atoms with Crippen molar-refractivity contribution in [3.8, 4) is 11.8 Å². The molecule has 2 aliphatic rings. The van der Waals surface area contributed by atoms with Crippen LogP contribution in [0.15, 0.2) is 66.7 Å². The van der Waals surface area contributed by atoms with Gasteiger partial charge in [-0.1, -0.05) is 30.3 Å². The van der Waals surface area contributed by atoms with E-state index >= 15 is 0 Å². The number of amides is 1. The average molecular weight is 508 g/mol. The molecule has 2 aliphatic heterocycles. The highest BCUT2D eigenvalue weighted by Gasteiger charge is 2.24. The Morgan fingerprint density at radius 1 is 1.00 bits per heavy atom. The van der Waals surface area contributed by atoms with Crippen LogP contribution in [0.2, 0.25) is 0 Å². The summed E-state index contributed by atoms with van der Waals surface area (Å²) in [5.74, 6) is 1.60. The standard InChI is InChI=1S/C33H37N3O2/c1-25-5-2-3-6-30(25)23-35-17-4-7-28-12-13-32(21-31(28)24-35)38-20-16-26-14-18-36(19-15-26)33(37)29-10-8-27(22-34)9-11-29/h2-3,5-6,8-13,21,26H,4,7,14-20,23-24H2,1H3. The zero-order valence-corrected chi connectivity index (χ0v) is 22.4. The summed E-state index contributed by atoms with van der Waals surface area (Å²) in [4.78, 5) is 17.3. The fraction of sp³-hybridized carbons (Fsp3) is 0.394. The van der Waals surface area contributed by atoms with Gasteiger partial charge in [-0.25, -0.2) is 0 Å². The van der Waals surface area contributed by atoms with E-state index in [2.05, 4.69) is 60.4 Å². The molecule has 0 radical (unpaired) electrons. The van der Waals surface area contributed by atoms with Crippen LogP contribution in [-0.2, 0) is 19.5 Å². The Morgan fingerprint density at radius 2 is 1.79 bits per heavy atom. The molecular weight excluding hydrogens is 470 g/mol. The lowest BCUT2D eigenvalue weighted by Gasteiger charge is -2.32. The normalized spacial score (nSPS) is 16.4. The second-order valence-electron chi connectivity index (χ2n) is 10.7. The second kappa shape index (κ2) is 12.3. The minimum Gasteiger partial charge on any atom is -0.494 e. The predicted octanol–water partition coefficient (Wildman–Crippen LogP) is 6.14. The Labute approximate surface area is 226 Å². The van der Waals surface area contributed by atoms with Gasteiger partial charge in [-0.2, -0.15) is 5.26 Å². The highest BCUT2D eigenvalue weighted by molar-refractivity contribution is 5.94. The summed E-state index contributed by atoms with van der Waals surface area (Å²) in [6, 6.07) is 24.4. The summed E-state index contributed by atoms with van der Waals surface area (Å²) < 4.78 is 6.23. The quantitative estimate of drug-likeness (QED) is 0.386. The van der Waals surface area contributed by atoms with Gasteiger partial charge in [0.05, 0.1) is 18.2 Å². The summed E-state index contributed by atoms with van der Waals surface area (Å²) in [7, 11) is 0. The fourth-order valence-electron chi connectivity index (χ4n) is 5.70. The van der Waals surface area contributed by atoms with E-state index in [0.717, 1.165) is 64.2 Å². The molecule has 0 aliphatic carbocycles. The number of piperidine rings is 1. The molecule has 3 aromatic carbocycles. The third-order valence-corrected chi connectivity index (χ3v) is 8.10. The number of likely N-dealkylation sites (tertiary alicyclic amines) is 1. The highest BCUT2D eigenvalue weighted by Crippen LogP contribution is 2.27. The van der Waals surface area contributed by atoms with Gasteiger partial charge in [0.15, 0.2) is 0 Å². The molecule has 0 unspecified atom stereocenters. The molecule has 38 heavy (non-hydrogen) atoms. The minimum atomic E-state index is 0.0608. The first-order chi connectivity index (χ1) is 18.6. The van der Waals surface area contributed by atoms with E-state index in [1.165, 1.54) is 28.7 Å². The molecule has 5 heteroatoms. The summed E-state index contributed by atoms with van der Waals surface area (Å²) >= 11 is 0. The Hall–Kier alpha value is -3.62. The molecule has 0 bridgehead atoms. The van der Waals surface area contributed by atoms with Gasteiger partial charge in [-0.3, -0.25) is 9.69 Å². The Bertz CT molecular complexity index is 1290. The molecule has 0 aromatic heterocycles. The number of aryl methyl sites for hydroxylation is 2. The largest absolute Gasteiger partial charge is 0.494 e. The molecular formula is C33H37N3O2. The number of rotatable bonds is 7. The van der Waals surface area contributed by atoms with Crippen LogP contribution in [0.1, 0.15) is 63.9 Å². The lowest BCUT2D eigenvalue weighted by Crippen LogP contribution is -2.38. The van der Waals surface area contributed by atoms with Crippen LogP contribution in [0.25, 0.3) is 0 Å². The van der Waals surface area contributed by atoms with E-state index in [4.69, 9.17) is 10.00 Å². The summed E-state index contributed by atoms with van der Waals surface area (Å²) in [6.07, 6.45) is 5.33. The van der Waals surface area contributed by atoms with Crippen LogP contribution < -0.4 is 4.74 Å². The van der Waals surface area contributed by atoms with Gasteiger partial charge in [0, 0.05) is 31.7 Å². The van der Waals surface area contributed by atoms with Gasteiger partial charge < -0.3 is 9.64 Å². The Balaban J connectivity index is 1.10. The molecule has 0 spiro atoms. The average Bonchev–Trinajstić information content (AvgIpc) is 3.15. The van der Waals surface area contributed by atoms with E-state index in [1.807, 2.05) is 4.90 Å². The van der Waals surface area contributed by atoms with Crippen molar-refractivity contribution in [2.45, 2.75) is 52.1 Å². The van der Waals surface area contributed by atoms with E-state index in [0.29, 0.717) is 23.7 Å². The second-order valence-corrected chi connectivity index (χ2v) is 10.7. The fourth-order valence-corrected chi connectivity index (χ4v) is 5.70. The summed E-state index contributed by atoms with van der Waals surface area (Å²) in [5, 5.41) is 8.96. The van der Waals surface area contributed by atoms with Gasteiger partial charge in [0.25, 0.3) is 5.91 Å². The van der Waals surface area contributed by atoms with E-state index in [-0.39, 0.29) is 5.91 Å². The van der Waals surface area contributed by atoms with E-state index in [9.17, 15) is 4.79 Å². The van der Waals surface area contributed by atoms with Crippen LogP contribution >= 0.6 is 0 Å². The lowest BCUT2D eigenvalue weighted by molar-refractivity contribution is 0.0680. The first-order valence-electron chi connectivity index (χ1n) is 13.9. The van der Waals surface area contributed by atoms with E-state index in [1.54, 1.807) is 24.3 Å². The Morgan fingerprint density at radius 3 is 2.55 bits per heavy atom. The molecule has 2 heterocycles. The molecule has 3 aromatic rings. The molecule has 0 N–H and O–H groups in total. The van der Waals surface area contributed by atoms with Crippen molar-refractivity contribution in [3.63, 3.8) is 0 Å². The lowest BCUT2D eigenvalue weighted by atomic mass is 9.93. The van der Waals surface area contributed by atoms with Crippen molar-refractivity contribution in [2.75, 3.05) is 26.2 Å². The zero-order chi connectivity index (χ0) is 26.3. The van der Waals surface area contributed by atoms with Crippen LogP contribution in [0.5, 0.6) is 5.75 Å². The topological polar surface area (TPSA) is 56.6 Å². The first kappa shape index (κ1) is 26.0. The maximum atomic E-state index is 12.8. The number of hydrogen-bond acceptors (Lipinski definition) is 4. The zero-order valence-electron chi connectivity index (χ0n) is 22.4. The molecule has 196 valence electrons. The van der Waals surface area contributed by atoms with Crippen molar-refractivity contribution in [1.82, 2.24) is 9.80 Å². The molecule has 1 amide bonds. The monoisotopic (exact) mass is 507 g/mol. The summed E-state index contributed by atoms with van der Waals surface area (Å²) in [5.41, 5.74) is 6.85. The van der Waals surface area contributed by atoms with Crippen molar-refractivity contribution in [1.29, 1.82) is 5.26 Å². The number of carbonyl (C=O) groups excluding carboxylic acids is 1. The third-order valence-electron chi connectivity index (χ3n) is 8.10. The molecule has 5 nitrogen and oxygen atoms in total. The van der Waals surface area contributed by atoms with Crippen molar-refractivity contribution in [2.24, 2.45) is 5.92 Å². The molecule has 1 fully saturated rings.